The Hall–Kier alpha value is -5.72. The Kier molecular flexibility index (Phi) is 16.5. The van der Waals surface area contributed by atoms with Gasteiger partial charge in [-0.2, -0.15) is 0 Å². The van der Waals surface area contributed by atoms with Crippen molar-refractivity contribution in [2.75, 3.05) is 0 Å². The number of aliphatic carboxylic acids is 1. The highest BCUT2D eigenvalue weighted by Gasteiger charge is 2.34. The maximum Gasteiger partial charge on any atom is 0.408 e. The Balaban J connectivity index is 1.94. The molecule has 3 rings (SSSR count). The number of hydrogen-bond donors (Lipinski definition) is 6. The SMILES string of the molecule is [2H]N(C(=O)OC(C)(C)C)[C@@H](Cc1ccccc1)C(=O)N[C@@H](CC(C)C)C(=O)N([2H])[C@@H](Cc1ccccc1)C(=O)N[C@@H](CC(C)C)C(=O)N[C@@H](Cc1ccccc1)C(=O)O. The normalized spacial score (nSPS) is 14.5. The summed E-state index contributed by atoms with van der Waals surface area (Å²) in [6.45, 7) is 12.2. The summed E-state index contributed by atoms with van der Waals surface area (Å²) in [7, 11) is 0. The molecule has 3 aromatic rings. The molecule has 0 unspecified atom stereocenters. The van der Waals surface area contributed by atoms with E-state index >= 15 is 0 Å². The second-order valence-electron chi connectivity index (χ2n) is 16.0. The van der Waals surface area contributed by atoms with Gasteiger partial charge in [-0.1, -0.05) is 119 Å². The summed E-state index contributed by atoms with van der Waals surface area (Å²) in [5.41, 5.74) is 0.961. The van der Waals surface area contributed by atoms with Gasteiger partial charge in [0, 0.05) is 19.3 Å². The number of alkyl carbamates (subject to hydrolysis) is 1. The maximum absolute atomic E-state index is 14.4. The third kappa shape index (κ3) is 16.9. The summed E-state index contributed by atoms with van der Waals surface area (Å²) in [6, 6.07) is 19.4. The van der Waals surface area contributed by atoms with E-state index in [9.17, 15) is 33.9 Å². The number of ether oxygens (including phenoxy) is 1. The highest BCUT2D eigenvalue weighted by atomic mass is 16.6. The first-order valence-electron chi connectivity index (χ1n) is 20.2. The smallest absolute Gasteiger partial charge is 0.408 e. The Bertz CT molecular complexity index is 1840. The van der Waals surface area contributed by atoms with E-state index in [1.807, 2.05) is 27.7 Å². The lowest BCUT2D eigenvalue weighted by molar-refractivity contribution is -0.142. The van der Waals surface area contributed by atoms with Crippen LogP contribution in [0.4, 0.5) is 4.79 Å². The molecule has 0 saturated carbocycles. The number of hydrogen-bond acceptors (Lipinski definition) is 7. The molecule has 0 aromatic heterocycles. The van der Waals surface area contributed by atoms with Crippen LogP contribution in [0.25, 0.3) is 0 Å². The van der Waals surface area contributed by atoms with Crippen LogP contribution in [0, 0.1) is 11.8 Å². The third-order valence-electron chi connectivity index (χ3n) is 8.65. The Morgan fingerprint density at radius 1 is 0.544 bits per heavy atom. The summed E-state index contributed by atoms with van der Waals surface area (Å²) in [5.74, 6) is -4.94. The summed E-state index contributed by atoms with van der Waals surface area (Å²) >= 11 is 0. The summed E-state index contributed by atoms with van der Waals surface area (Å²) in [4.78, 5) is 81.7. The van der Waals surface area contributed by atoms with E-state index in [1.165, 1.54) is 0 Å². The highest BCUT2D eigenvalue weighted by molar-refractivity contribution is 5.96. The number of amides is 5. The average molecular weight is 788 g/mol. The van der Waals surface area contributed by atoms with Gasteiger partial charge in [0.05, 0.1) is 0 Å². The molecule has 0 fully saturated rings. The standard InChI is InChI=1S/C44H59N5O8/c1-28(2)23-33(46-41(53)36(26-31-19-13-9-14-20-31)49-43(56)57-44(5,6)7)38(50)47-35(25-30-17-11-8-12-18-30)40(52)45-34(24-29(3)4)39(51)48-37(42(54)55)27-32-21-15-10-16-22-32/h8-22,28-29,33-37H,23-27H2,1-7H3,(H,45,52)(H,46,53)(H,47,50)(H,48,51)(H,49,56)(H,54,55)/t33-,34-,35-,36-,37-/m0/s1/i/hD2. The first-order chi connectivity index (χ1) is 27.7. The number of rotatable bonds is 20. The van der Waals surface area contributed by atoms with Gasteiger partial charge in [-0.25, -0.2) is 9.59 Å². The monoisotopic (exact) mass is 787 g/mol. The van der Waals surface area contributed by atoms with Crippen LogP contribution in [0.1, 0.15) is 78.0 Å². The van der Waals surface area contributed by atoms with Crippen molar-refractivity contribution in [2.24, 2.45) is 11.8 Å². The van der Waals surface area contributed by atoms with Crippen molar-refractivity contribution in [3.05, 3.63) is 108 Å². The third-order valence-corrected chi connectivity index (χ3v) is 8.65. The highest BCUT2D eigenvalue weighted by Crippen LogP contribution is 2.13. The van der Waals surface area contributed by atoms with Crippen LogP contribution >= 0.6 is 0 Å². The number of carboxylic acid groups (broad SMARTS) is 1. The molecule has 0 heterocycles. The van der Waals surface area contributed by atoms with E-state index in [2.05, 4.69) is 16.0 Å². The van der Waals surface area contributed by atoms with Crippen molar-refractivity contribution in [1.29, 1.82) is 0 Å². The van der Waals surface area contributed by atoms with Crippen LogP contribution in [0.3, 0.4) is 0 Å². The fourth-order valence-corrected chi connectivity index (χ4v) is 5.98. The molecule has 308 valence electrons. The summed E-state index contributed by atoms with van der Waals surface area (Å²) < 4.78 is 23.2. The predicted octanol–water partition coefficient (Wildman–Crippen LogP) is 4.72. The quantitative estimate of drug-likeness (QED) is 0.0948. The molecule has 13 heteroatoms. The van der Waals surface area contributed by atoms with Gasteiger partial charge >= 0.3 is 12.1 Å². The van der Waals surface area contributed by atoms with Crippen molar-refractivity contribution in [2.45, 2.75) is 116 Å². The first kappa shape index (κ1) is 42.4. The Morgan fingerprint density at radius 3 is 1.25 bits per heavy atom. The van der Waals surface area contributed by atoms with Crippen LogP contribution in [0.2, 0.25) is 2.82 Å². The molecule has 13 nitrogen and oxygen atoms in total. The van der Waals surface area contributed by atoms with E-state index < -0.39 is 71.5 Å². The van der Waals surface area contributed by atoms with Crippen molar-refractivity contribution >= 4 is 35.7 Å². The number of carbonyl (C=O) groups excluding carboxylic acids is 5. The van der Waals surface area contributed by atoms with Crippen molar-refractivity contribution in [3.63, 3.8) is 0 Å². The van der Waals surface area contributed by atoms with Gasteiger partial charge in [-0.05, 0) is 62.1 Å². The van der Waals surface area contributed by atoms with Crippen LogP contribution in [-0.2, 0) is 48.0 Å². The molecule has 6 N–H and O–H groups in total. The second kappa shape index (κ2) is 22.1. The van der Waals surface area contributed by atoms with E-state index in [0.717, 1.165) is 0 Å². The molecule has 5 atom stereocenters. The minimum atomic E-state index is -1.51. The number of carbonyl (C=O) groups is 6. The van der Waals surface area contributed by atoms with Gasteiger partial charge in [0.1, 0.15) is 35.8 Å². The van der Waals surface area contributed by atoms with Gasteiger partial charge in [0.2, 0.25) is 23.6 Å². The zero-order valence-electron chi connectivity index (χ0n) is 35.9. The topological polar surface area (TPSA) is 192 Å². The first-order valence-corrected chi connectivity index (χ1v) is 19.3. The van der Waals surface area contributed by atoms with Crippen molar-refractivity contribution in [3.8, 4) is 0 Å². The van der Waals surface area contributed by atoms with Crippen LogP contribution < -0.4 is 26.6 Å². The molecule has 0 aliphatic carbocycles. The number of nitrogens with one attached hydrogen (secondary N) is 5. The van der Waals surface area contributed by atoms with E-state index in [1.54, 1.807) is 112 Å². The molecule has 0 spiro atoms. The largest absolute Gasteiger partial charge is 0.480 e. The number of carboxylic acids is 1. The van der Waals surface area contributed by atoms with Gasteiger partial charge in [0.25, 0.3) is 0 Å². The summed E-state index contributed by atoms with van der Waals surface area (Å²) in [6.07, 6.45) is -1.14. The lowest BCUT2D eigenvalue weighted by Gasteiger charge is -2.28. The molecular formula is C44H59N5O8. The molecule has 0 saturated heterocycles. The van der Waals surface area contributed by atoms with Crippen LogP contribution in [-0.4, -0.2) is 76.6 Å². The molecule has 5 amide bonds. The molecule has 57 heavy (non-hydrogen) atoms. The minimum Gasteiger partial charge on any atom is -0.480 e. The van der Waals surface area contributed by atoms with Gasteiger partial charge in [-0.3, -0.25) is 19.2 Å². The zero-order chi connectivity index (χ0) is 43.9. The average Bonchev–Trinajstić information content (AvgIpc) is 3.17. The number of benzene rings is 3. The lowest BCUT2D eigenvalue weighted by Crippen LogP contribution is -2.60. The predicted molar refractivity (Wildman–Crippen MR) is 218 cm³/mol. The van der Waals surface area contributed by atoms with Gasteiger partial charge < -0.3 is 36.4 Å². The fourth-order valence-electron chi connectivity index (χ4n) is 5.98. The summed E-state index contributed by atoms with van der Waals surface area (Å²) in [5, 5.41) is 18.8. The van der Waals surface area contributed by atoms with Crippen molar-refractivity contribution < 1.29 is 41.4 Å². The Labute approximate surface area is 339 Å². The Morgan fingerprint density at radius 2 is 0.877 bits per heavy atom. The lowest BCUT2D eigenvalue weighted by atomic mass is 9.98. The molecule has 3 aromatic carbocycles. The van der Waals surface area contributed by atoms with Gasteiger partial charge in [-0.15, -0.1) is 0 Å². The fraction of sp³-hybridized carbons (Fsp3) is 0.455. The zero-order valence-corrected chi connectivity index (χ0v) is 33.9. The molecule has 0 radical (unpaired) electrons. The van der Waals surface area contributed by atoms with Crippen LogP contribution in [0.5, 0.6) is 0 Å². The van der Waals surface area contributed by atoms with E-state index in [0.29, 0.717) is 27.3 Å². The molecule has 0 bridgehead atoms. The maximum atomic E-state index is 14.4. The van der Waals surface area contributed by atoms with Crippen molar-refractivity contribution in [1.82, 2.24) is 26.6 Å². The van der Waals surface area contributed by atoms with E-state index in [4.69, 9.17) is 7.56 Å². The molecule has 0 aliphatic rings. The van der Waals surface area contributed by atoms with Crippen LogP contribution in [0.15, 0.2) is 91.0 Å². The van der Waals surface area contributed by atoms with E-state index in [-0.39, 0.29) is 43.9 Å². The molecule has 0 aliphatic heterocycles. The minimum absolute atomic E-state index is 0.000802. The molecular weight excluding hydrogens is 727 g/mol. The van der Waals surface area contributed by atoms with Gasteiger partial charge in [0.15, 0.2) is 2.82 Å². The second-order valence-corrected chi connectivity index (χ2v) is 16.0.